The van der Waals surface area contributed by atoms with Crippen LogP contribution >= 0.6 is 11.3 Å². The van der Waals surface area contributed by atoms with E-state index < -0.39 is 5.97 Å². The average molecular weight is 274 g/mol. The van der Waals surface area contributed by atoms with Crippen LogP contribution in [0.5, 0.6) is 0 Å². The molecule has 3 aromatic heterocycles. The minimum atomic E-state index is -0.525. The predicted octanol–water partition coefficient (Wildman–Crippen LogP) is 3.13. The largest absolute Gasteiger partial charge is 0.463 e. The molecule has 0 bridgehead atoms. The maximum atomic E-state index is 11.8. The number of ether oxygens (including phenoxy) is 1. The third-order valence-electron chi connectivity index (χ3n) is 2.52. The van der Waals surface area contributed by atoms with E-state index in [9.17, 15) is 4.79 Å². The van der Waals surface area contributed by atoms with Gasteiger partial charge in [-0.15, -0.1) is 11.3 Å². The molecule has 3 heterocycles. The minimum Gasteiger partial charge on any atom is -0.463 e. The molecule has 0 aromatic carbocycles. The molecule has 3 rings (SSSR count). The molecule has 19 heavy (non-hydrogen) atoms. The van der Waals surface area contributed by atoms with E-state index in [1.165, 1.54) is 11.3 Å². The number of carbonyl (C=O) groups is 1. The molecule has 0 atom stereocenters. The van der Waals surface area contributed by atoms with Gasteiger partial charge in [0, 0.05) is 0 Å². The predicted molar refractivity (Wildman–Crippen MR) is 71.1 cm³/mol. The van der Waals surface area contributed by atoms with Gasteiger partial charge in [-0.1, -0.05) is 0 Å². The quantitative estimate of drug-likeness (QED) is 0.686. The lowest BCUT2D eigenvalue weighted by atomic mass is 10.3. The standard InChI is InChI=1S/C13H10N2O3S/c1-2-17-13(16)12-14-8-5-7-19-11(8)10(15-12)9-4-3-6-18-9/h3-7H,2H2,1H3. The zero-order valence-electron chi connectivity index (χ0n) is 10.1. The van der Waals surface area contributed by atoms with Crippen LogP contribution in [0.3, 0.4) is 0 Å². The molecule has 0 unspecified atom stereocenters. The van der Waals surface area contributed by atoms with Gasteiger partial charge in [0.1, 0.15) is 5.69 Å². The SMILES string of the molecule is CCOC(=O)c1nc(-c2ccco2)c2sccc2n1. The van der Waals surface area contributed by atoms with Crippen molar-refractivity contribution in [1.29, 1.82) is 0 Å². The molecule has 0 spiro atoms. The molecular formula is C13H10N2O3S. The Morgan fingerprint density at radius 3 is 3.05 bits per heavy atom. The lowest BCUT2D eigenvalue weighted by Crippen LogP contribution is -2.10. The number of carbonyl (C=O) groups excluding carboxylic acids is 1. The van der Waals surface area contributed by atoms with Crippen LogP contribution in [-0.4, -0.2) is 22.5 Å². The van der Waals surface area contributed by atoms with Crippen LogP contribution in [0.1, 0.15) is 17.5 Å². The highest BCUT2D eigenvalue weighted by atomic mass is 32.1. The van der Waals surface area contributed by atoms with Crippen molar-refractivity contribution in [2.75, 3.05) is 6.61 Å². The summed E-state index contributed by atoms with van der Waals surface area (Å²) in [7, 11) is 0. The summed E-state index contributed by atoms with van der Waals surface area (Å²) in [6, 6.07) is 5.42. The molecule has 0 aliphatic heterocycles. The summed E-state index contributed by atoms with van der Waals surface area (Å²) in [5.41, 5.74) is 1.34. The zero-order chi connectivity index (χ0) is 13.2. The smallest absolute Gasteiger partial charge is 0.376 e. The summed E-state index contributed by atoms with van der Waals surface area (Å²) in [6.07, 6.45) is 1.57. The maximum absolute atomic E-state index is 11.8. The van der Waals surface area contributed by atoms with Crippen molar-refractivity contribution in [2.45, 2.75) is 6.92 Å². The summed E-state index contributed by atoms with van der Waals surface area (Å²) >= 11 is 1.51. The first-order chi connectivity index (χ1) is 9.29. The van der Waals surface area contributed by atoms with Crippen molar-refractivity contribution in [1.82, 2.24) is 9.97 Å². The number of fused-ring (bicyclic) bond motifs is 1. The first-order valence-electron chi connectivity index (χ1n) is 5.76. The number of furan rings is 1. The molecule has 5 nitrogen and oxygen atoms in total. The second kappa shape index (κ2) is 4.81. The first-order valence-corrected chi connectivity index (χ1v) is 6.64. The number of hydrogen-bond acceptors (Lipinski definition) is 6. The Morgan fingerprint density at radius 2 is 2.32 bits per heavy atom. The number of nitrogens with zero attached hydrogens (tertiary/aromatic N) is 2. The van der Waals surface area contributed by atoms with E-state index in [1.807, 2.05) is 11.4 Å². The minimum absolute atomic E-state index is 0.0548. The van der Waals surface area contributed by atoms with Gasteiger partial charge >= 0.3 is 5.97 Å². The van der Waals surface area contributed by atoms with Gasteiger partial charge < -0.3 is 9.15 Å². The van der Waals surface area contributed by atoms with Crippen molar-refractivity contribution in [2.24, 2.45) is 0 Å². The summed E-state index contributed by atoms with van der Waals surface area (Å²) in [5, 5.41) is 1.90. The fraction of sp³-hybridized carbons (Fsp3) is 0.154. The highest BCUT2D eigenvalue weighted by Crippen LogP contribution is 2.30. The van der Waals surface area contributed by atoms with E-state index in [4.69, 9.17) is 9.15 Å². The molecule has 0 saturated heterocycles. The van der Waals surface area contributed by atoms with E-state index in [0.29, 0.717) is 18.1 Å². The molecule has 0 fully saturated rings. The van der Waals surface area contributed by atoms with Crippen LogP contribution < -0.4 is 0 Å². The number of esters is 1. The molecule has 6 heteroatoms. The number of rotatable bonds is 3. The van der Waals surface area contributed by atoms with Crippen LogP contribution in [0, 0.1) is 0 Å². The number of hydrogen-bond donors (Lipinski definition) is 0. The molecule has 0 aliphatic rings. The Hall–Kier alpha value is -2.21. The first kappa shape index (κ1) is 11.9. The van der Waals surface area contributed by atoms with Gasteiger partial charge in [0.2, 0.25) is 5.82 Å². The van der Waals surface area contributed by atoms with Crippen LogP contribution in [0.2, 0.25) is 0 Å². The third kappa shape index (κ3) is 2.10. The van der Waals surface area contributed by atoms with Gasteiger partial charge in [0.05, 0.1) is 23.1 Å². The van der Waals surface area contributed by atoms with E-state index in [2.05, 4.69) is 9.97 Å². The number of aromatic nitrogens is 2. The Balaban J connectivity index is 2.19. The highest BCUT2D eigenvalue weighted by molar-refractivity contribution is 7.17. The summed E-state index contributed by atoms with van der Waals surface area (Å²) < 4.78 is 11.2. The lowest BCUT2D eigenvalue weighted by Gasteiger charge is -2.03. The maximum Gasteiger partial charge on any atom is 0.376 e. The summed E-state index contributed by atoms with van der Waals surface area (Å²) in [4.78, 5) is 20.2. The Morgan fingerprint density at radius 1 is 1.42 bits per heavy atom. The van der Waals surface area contributed by atoms with Gasteiger partial charge in [0.25, 0.3) is 0 Å². The highest BCUT2D eigenvalue weighted by Gasteiger charge is 2.17. The topological polar surface area (TPSA) is 65.2 Å². The van der Waals surface area contributed by atoms with Gasteiger partial charge in [-0.05, 0) is 30.5 Å². The molecular weight excluding hydrogens is 264 g/mol. The summed E-state index contributed by atoms with van der Waals surface area (Å²) in [5.74, 6) is 0.142. The van der Waals surface area contributed by atoms with Gasteiger partial charge in [-0.3, -0.25) is 0 Å². The van der Waals surface area contributed by atoms with Gasteiger partial charge in [-0.2, -0.15) is 0 Å². The molecule has 96 valence electrons. The Labute approximate surface area is 112 Å². The fourth-order valence-corrected chi connectivity index (χ4v) is 2.56. The van der Waals surface area contributed by atoms with Gasteiger partial charge in [-0.25, -0.2) is 14.8 Å². The van der Waals surface area contributed by atoms with Crippen LogP contribution in [0.15, 0.2) is 34.3 Å². The van der Waals surface area contributed by atoms with Gasteiger partial charge in [0.15, 0.2) is 5.76 Å². The van der Waals surface area contributed by atoms with Crippen molar-refractivity contribution < 1.29 is 13.9 Å². The summed E-state index contributed by atoms with van der Waals surface area (Å²) in [6.45, 7) is 2.04. The molecule has 0 radical (unpaired) electrons. The van der Waals surface area contributed by atoms with Crippen molar-refractivity contribution in [3.05, 3.63) is 35.7 Å². The van der Waals surface area contributed by atoms with E-state index >= 15 is 0 Å². The molecule has 3 aromatic rings. The molecule has 0 N–H and O–H groups in total. The number of thiophene rings is 1. The Kier molecular flexibility index (Phi) is 3.00. The van der Waals surface area contributed by atoms with E-state index in [1.54, 1.807) is 25.3 Å². The van der Waals surface area contributed by atoms with Crippen molar-refractivity contribution in [3.63, 3.8) is 0 Å². The van der Waals surface area contributed by atoms with Crippen LogP contribution in [0.4, 0.5) is 0 Å². The monoisotopic (exact) mass is 274 g/mol. The Bertz CT molecular complexity index is 719. The van der Waals surface area contributed by atoms with Crippen molar-refractivity contribution in [3.8, 4) is 11.5 Å². The van der Waals surface area contributed by atoms with Crippen LogP contribution in [-0.2, 0) is 4.74 Å². The fourth-order valence-electron chi connectivity index (χ4n) is 1.73. The average Bonchev–Trinajstić information content (AvgIpc) is 3.09. The third-order valence-corrected chi connectivity index (χ3v) is 3.43. The normalized spacial score (nSPS) is 10.8. The molecule has 0 saturated carbocycles. The lowest BCUT2D eigenvalue weighted by molar-refractivity contribution is 0.0512. The van der Waals surface area contributed by atoms with E-state index in [-0.39, 0.29) is 5.82 Å². The van der Waals surface area contributed by atoms with E-state index in [0.717, 1.165) is 10.2 Å². The molecule has 0 aliphatic carbocycles. The second-order valence-electron chi connectivity index (χ2n) is 3.73. The van der Waals surface area contributed by atoms with Crippen molar-refractivity contribution >= 4 is 27.5 Å². The zero-order valence-corrected chi connectivity index (χ0v) is 10.9. The second-order valence-corrected chi connectivity index (χ2v) is 4.64. The van der Waals surface area contributed by atoms with Crippen LogP contribution in [0.25, 0.3) is 21.7 Å². The molecule has 0 amide bonds.